The van der Waals surface area contributed by atoms with Crippen LogP contribution in [0.25, 0.3) is 0 Å². The molecule has 6 heteroatoms. The third-order valence-electron chi connectivity index (χ3n) is 4.14. The topological polar surface area (TPSA) is 75.6 Å². The molecule has 1 fully saturated rings. The van der Waals surface area contributed by atoms with Crippen molar-refractivity contribution in [2.45, 2.75) is 38.1 Å². The van der Waals surface area contributed by atoms with E-state index in [2.05, 4.69) is 5.32 Å². The number of carbonyl (C=O) groups excluding carboxylic acids is 1. The van der Waals surface area contributed by atoms with Gasteiger partial charge in [0.25, 0.3) is 0 Å². The molecule has 0 bridgehead atoms. The SMILES string of the molecule is CC(CC(=O)NC1(C(=O)O)CCOCC1)Cc1cccc(F)c1. The summed E-state index contributed by atoms with van der Waals surface area (Å²) >= 11 is 0. The molecule has 1 aliphatic rings. The normalized spacial score (nSPS) is 18.2. The fourth-order valence-electron chi connectivity index (χ4n) is 2.89. The fraction of sp³-hybridized carbons (Fsp3) is 0.529. The summed E-state index contributed by atoms with van der Waals surface area (Å²) in [7, 11) is 0. The Morgan fingerprint density at radius 2 is 2.09 bits per heavy atom. The maximum Gasteiger partial charge on any atom is 0.329 e. The van der Waals surface area contributed by atoms with Gasteiger partial charge in [0, 0.05) is 32.5 Å². The largest absolute Gasteiger partial charge is 0.480 e. The van der Waals surface area contributed by atoms with E-state index in [4.69, 9.17) is 4.74 Å². The van der Waals surface area contributed by atoms with Crippen LogP contribution < -0.4 is 5.32 Å². The predicted octanol–water partition coefficient (Wildman–Crippen LogP) is 2.14. The number of ether oxygens (including phenoxy) is 1. The number of nitrogens with one attached hydrogen (secondary N) is 1. The van der Waals surface area contributed by atoms with Gasteiger partial charge in [-0.25, -0.2) is 9.18 Å². The van der Waals surface area contributed by atoms with E-state index in [1.807, 2.05) is 13.0 Å². The number of carbonyl (C=O) groups is 2. The van der Waals surface area contributed by atoms with Crippen molar-refractivity contribution < 1.29 is 23.8 Å². The minimum absolute atomic E-state index is 0.0116. The number of carboxylic acid groups (broad SMARTS) is 1. The number of carboxylic acids is 1. The van der Waals surface area contributed by atoms with Crippen molar-refractivity contribution in [2.24, 2.45) is 5.92 Å². The molecule has 2 N–H and O–H groups in total. The van der Waals surface area contributed by atoms with Gasteiger partial charge in [0.2, 0.25) is 5.91 Å². The van der Waals surface area contributed by atoms with Crippen LogP contribution in [0.3, 0.4) is 0 Å². The monoisotopic (exact) mass is 323 g/mol. The summed E-state index contributed by atoms with van der Waals surface area (Å²) < 4.78 is 18.3. The van der Waals surface area contributed by atoms with Gasteiger partial charge >= 0.3 is 5.97 Å². The van der Waals surface area contributed by atoms with E-state index in [1.165, 1.54) is 12.1 Å². The molecule has 1 aliphatic heterocycles. The molecule has 1 aromatic carbocycles. The highest BCUT2D eigenvalue weighted by atomic mass is 19.1. The second-order valence-corrected chi connectivity index (χ2v) is 6.19. The van der Waals surface area contributed by atoms with Crippen molar-refractivity contribution in [1.29, 1.82) is 0 Å². The average molecular weight is 323 g/mol. The second-order valence-electron chi connectivity index (χ2n) is 6.19. The molecule has 0 saturated carbocycles. The first-order chi connectivity index (χ1) is 10.9. The smallest absolute Gasteiger partial charge is 0.329 e. The zero-order valence-electron chi connectivity index (χ0n) is 13.2. The van der Waals surface area contributed by atoms with Crippen molar-refractivity contribution in [3.8, 4) is 0 Å². The number of halogens is 1. The van der Waals surface area contributed by atoms with Gasteiger partial charge in [0.1, 0.15) is 11.4 Å². The minimum Gasteiger partial charge on any atom is -0.480 e. The number of hydrogen-bond acceptors (Lipinski definition) is 3. The van der Waals surface area contributed by atoms with Gasteiger partial charge in [-0.15, -0.1) is 0 Å². The summed E-state index contributed by atoms with van der Waals surface area (Å²) in [5.41, 5.74) is -0.405. The van der Waals surface area contributed by atoms with Crippen molar-refractivity contribution >= 4 is 11.9 Å². The maximum absolute atomic E-state index is 13.2. The average Bonchev–Trinajstić information content (AvgIpc) is 2.47. The lowest BCUT2D eigenvalue weighted by molar-refractivity contribution is -0.152. The van der Waals surface area contributed by atoms with Crippen LogP contribution in [0.15, 0.2) is 24.3 Å². The zero-order chi connectivity index (χ0) is 16.9. The lowest BCUT2D eigenvalue weighted by atomic mass is 9.89. The van der Waals surface area contributed by atoms with Crippen LogP contribution in [0, 0.1) is 11.7 Å². The molecule has 5 nitrogen and oxygen atoms in total. The Morgan fingerprint density at radius 3 is 2.70 bits per heavy atom. The van der Waals surface area contributed by atoms with Gasteiger partial charge in [0.05, 0.1) is 0 Å². The molecule has 0 radical (unpaired) electrons. The van der Waals surface area contributed by atoms with E-state index in [0.29, 0.717) is 19.6 Å². The summed E-state index contributed by atoms with van der Waals surface area (Å²) in [6.07, 6.45) is 1.31. The number of rotatable bonds is 6. The highest BCUT2D eigenvalue weighted by Gasteiger charge is 2.41. The standard InChI is InChI=1S/C17H22FNO4/c1-12(9-13-3-2-4-14(18)11-13)10-15(20)19-17(16(21)22)5-7-23-8-6-17/h2-4,11-12H,5-10H2,1H3,(H,19,20)(H,21,22). The Hall–Kier alpha value is -1.95. The van der Waals surface area contributed by atoms with Gasteiger partial charge in [-0.1, -0.05) is 19.1 Å². The zero-order valence-corrected chi connectivity index (χ0v) is 13.2. The van der Waals surface area contributed by atoms with E-state index in [0.717, 1.165) is 5.56 Å². The van der Waals surface area contributed by atoms with Crippen LogP contribution in [0.2, 0.25) is 0 Å². The number of hydrogen-bond donors (Lipinski definition) is 2. The van der Waals surface area contributed by atoms with Gasteiger partial charge < -0.3 is 15.2 Å². The molecule has 126 valence electrons. The van der Waals surface area contributed by atoms with Crippen molar-refractivity contribution in [3.63, 3.8) is 0 Å². The molecular formula is C17H22FNO4. The summed E-state index contributed by atoms with van der Waals surface area (Å²) in [5, 5.41) is 12.1. The van der Waals surface area contributed by atoms with Gasteiger partial charge in [-0.05, 0) is 30.0 Å². The van der Waals surface area contributed by atoms with E-state index in [9.17, 15) is 19.1 Å². The Kier molecular flexibility index (Phi) is 5.71. The van der Waals surface area contributed by atoms with E-state index < -0.39 is 11.5 Å². The maximum atomic E-state index is 13.2. The van der Waals surface area contributed by atoms with Crippen molar-refractivity contribution in [2.75, 3.05) is 13.2 Å². The molecular weight excluding hydrogens is 301 g/mol. The second kappa shape index (κ2) is 7.55. The molecule has 1 atom stereocenters. The Labute approximate surface area is 134 Å². The molecule has 0 spiro atoms. The lowest BCUT2D eigenvalue weighted by Crippen LogP contribution is -2.57. The molecule has 1 saturated heterocycles. The van der Waals surface area contributed by atoms with Crippen LogP contribution >= 0.6 is 0 Å². The highest BCUT2D eigenvalue weighted by molar-refractivity contribution is 5.87. The molecule has 0 aliphatic carbocycles. The molecule has 1 unspecified atom stereocenters. The third-order valence-corrected chi connectivity index (χ3v) is 4.14. The Bertz CT molecular complexity index is 569. The van der Waals surface area contributed by atoms with Gasteiger partial charge in [0.15, 0.2) is 0 Å². The quantitative estimate of drug-likeness (QED) is 0.841. The lowest BCUT2D eigenvalue weighted by Gasteiger charge is -2.34. The summed E-state index contributed by atoms with van der Waals surface area (Å²) in [4.78, 5) is 23.7. The first-order valence-corrected chi connectivity index (χ1v) is 7.78. The van der Waals surface area contributed by atoms with Crippen LogP contribution in [-0.2, 0) is 20.7 Å². The predicted molar refractivity (Wildman–Crippen MR) is 82.4 cm³/mol. The molecule has 23 heavy (non-hydrogen) atoms. The van der Waals surface area contributed by atoms with Crippen molar-refractivity contribution in [3.05, 3.63) is 35.6 Å². The molecule has 1 aromatic rings. The highest BCUT2D eigenvalue weighted by Crippen LogP contribution is 2.22. The first-order valence-electron chi connectivity index (χ1n) is 7.78. The number of benzene rings is 1. The van der Waals surface area contributed by atoms with Crippen LogP contribution in [0.4, 0.5) is 4.39 Å². The number of aliphatic carboxylic acids is 1. The van der Waals surface area contributed by atoms with E-state index in [-0.39, 0.29) is 36.9 Å². The molecule has 1 heterocycles. The minimum atomic E-state index is -1.23. The summed E-state index contributed by atoms with van der Waals surface area (Å²) in [6.45, 7) is 2.54. The summed E-state index contributed by atoms with van der Waals surface area (Å²) in [5.74, 6) is -1.63. The Morgan fingerprint density at radius 1 is 1.39 bits per heavy atom. The van der Waals surface area contributed by atoms with Gasteiger partial charge in [-0.2, -0.15) is 0 Å². The van der Waals surface area contributed by atoms with E-state index >= 15 is 0 Å². The Balaban J connectivity index is 1.91. The summed E-state index contributed by atoms with van der Waals surface area (Å²) in [6, 6.07) is 6.28. The molecule has 1 amide bonds. The third kappa shape index (κ3) is 4.76. The van der Waals surface area contributed by atoms with Crippen molar-refractivity contribution in [1.82, 2.24) is 5.32 Å². The van der Waals surface area contributed by atoms with Crippen LogP contribution in [0.1, 0.15) is 31.7 Å². The molecule has 0 aromatic heterocycles. The molecule has 2 rings (SSSR count). The number of amides is 1. The van der Waals surface area contributed by atoms with Gasteiger partial charge in [-0.3, -0.25) is 4.79 Å². The van der Waals surface area contributed by atoms with Crippen LogP contribution in [0.5, 0.6) is 0 Å². The fourth-order valence-corrected chi connectivity index (χ4v) is 2.89. The van der Waals surface area contributed by atoms with Crippen LogP contribution in [-0.4, -0.2) is 35.7 Å². The first kappa shape index (κ1) is 17.4. The van der Waals surface area contributed by atoms with E-state index in [1.54, 1.807) is 6.07 Å².